The maximum Gasteiger partial charge on any atom is 0.307 e. The number of aromatic nitrogens is 1. The van der Waals surface area contributed by atoms with Crippen LogP contribution in [-0.2, 0) is 11.3 Å². The second-order valence-electron chi connectivity index (χ2n) is 3.50. The van der Waals surface area contributed by atoms with E-state index in [-0.39, 0.29) is 11.3 Å². The highest BCUT2D eigenvalue weighted by Crippen LogP contribution is 2.40. The maximum atomic E-state index is 11.4. The van der Waals surface area contributed by atoms with Crippen molar-refractivity contribution in [2.45, 2.75) is 31.7 Å². The minimum absolute atomic E-state index is 0.0242. The van der Waals surface area contributed by atoms with E-state index in [4.69, 9.17) is 5.11 Å². The first kappa shape index (κ1) is 9.45. The molecule has 0 aliphatic heterocycles. The molecule has 0 radical (unpaired) electrons. The lowest BCUT2D eigenvalue weighted by Gasteiger charge is -2.03. The van der Waals surface area contributed by atoms with Gasteiger partial charge in [-0.3, -0.25) is 9.59 Å². The van der Waals surface area contributed by atoms with Crippen LogP contribution in [-0.4, -0.2) is 15.6 Å². The molecular formula is C9H11NO3S. The van der Waals surface area contributed by atoms with Gasteiger partial charge >= 0.3 is 10.8 Å². The summed E-state index contributed by atoms with van der Waals surface area (Å²) in [5.41, 5.74) is 1.03. The van der Waals surface area contributed by atoms with Crippen molar-refractivity contribution in [1.29, 1.82) is 0 Å². The van der Waals surface area contributed by atoms with E-state index in [1.165, 1.54) is 11.3 Å². The van der Waals surface area contributed by atoms with Crippen LogP contribution >= 0.6 is 11.3 Å². The summed E-state index contributed by atoms with van der Waals surface area (Å²) in [6.45, 7) is 0.309. The van der Waals surface area contributed by atoms with Gasteiger partial charge in [-0.1, -0.05) is 11.3 Å². The van der Waals surface area contributed by atoms with Crippen molar-refractivity contribution in [2.24, 2.45) is 0 Å². The third-order valence-corrected chi connectivity index (χ3v) is 3.14. The van der Waals surface area contributed by atoms with Crippen LogP contribution in [0.4, 0.5) is 0 Å². The summed E-state index contributed by atoms with van der Waals surface area (Å²) in [5, 5.41) is 10.4. The highest BCUT2D eigenvalue weighted by atomic mass is 32.1. The van der Waals surface area contributed by atoms with Gasteiger partial charge in [0.15, 0.2) is 0 Å². The number of hydrogen-bond acceptors (Lipinski definition) is 3. The predicted octanol–water partition coefficient (Wildman–Crippen LogP) is 1.26. The quantitative estimate of drug-likeness (QED) is 0.819. The van der Waals surface area contributed by atoms with Crippen LogP contribution in [0.3, 0.4) is 0 Å². The molecule has 0 amide bonds. The number of carbonyl (C=O) groups is 1. The molecule has 0 aromatic carbocycles. The maximum absolute atomic E-state index is 11.4. The molecule has 1 fully saturated rings. The van der Waals surface area contributed by atoms with Gasteiger partial charge in [0.05, 0.1) is 6.42 Å². The molecule has 1 saturated carbocycles. The summed E-state index contributed by atoms with van der Waals surface area (Å²) in [6, 6.07) is 0. The first-order valence-corrected chi connectivity index (χ1v) is 5.46. The van der Waals surface area contributed by atoms with E-state index >= 15 is 0 Å². The lowest BCUT2D eigenvalue weighted by molar-refractivity contribution is -0.137. The molecule has 76 valence electrons. The summed E-state index contributed by atoms with van der Waals surface area (Å²) in [6.07, 6.45) is 2.28. The van der Waals surface area contributed by atoms with Crippen LogP contribution in [0.2, 0.25) is 0 Å². The van der Waals surface area contributed by atoms with Crippen molar-refractivity contribution in [3.63, 3.8) is 0 Å². The molecule has 14 heavy (non-hydrogen) atoms. The van der Waals surface area contributed by atoms with Crippen molar-refractivity contribution in [3.05, 3.63) is 20.7 Å². The summed E-state index contributed by atoms with van der Waals surface area (Å²) in [5.74, 6) is -0.354. The Kier molecular flexibility index (Phi) is 2.41. The SMILES string of the molecule is O=C(O)CCn1c(C2CC2)csc1=O. The normalized spacial score (nSPS) is 15.7. The minimum atomic E-state index is -0.857. The van der Waals surface area contributed by atoms with Crippen molar-refractivity contribution in [2.75, 3.05) is 0 Å². The summed E-state index contributed by atoms with van der Waals surface area (Å²) in [7, 11) is 0. The van der Waals surface area contributed by atoms with Gasteiger partial charge in [-0.15, -0.1) is 0 Å². The number of rotatable bonds is 4. The van der Waals surface area contributed by atoms with E-state index in [2.05, 4.69) is 0 Å². The van der Waals surface area contributed by atoms with Crippen molar-refractivity contribution >= 4 is 17.3 Å². The van der Waals surface area contributed by atoms with Crippen LogP contribution in [0.15, 0.2) is 10.2 Å². The number of nitrogens with zero attached hydrogens (tertiary/aromatic N) is 1. The second-order valence-corrected chi connectivity index (χ2v) is 4.32. The van der Waals surface area contributed by atoms with Gasteiger partial charge in [0.2, 0.25) is 0 Å². The Balaban J connectivity index is 2.17. The molecule has 1 heterocycles. The molecule has 2 rings (SSSR count). The molecule has 0 unspecified atom stereocenters. The van der Waals surface area contributed by atoms with Crippen LogP contribution in [0.1, 0.15) is 30.9 Å². The zero-order valence-corrected chi connectivity index (χ0v) is 8.42. The fraction of sp³-hybridized carbons (Fsp3) is 0.556. The highest BCUT2D eigenvalue weighted by molar-refractivity contribution is 7.07. The molecule has 1 aliphatic rings. The molecule has 0 atom stereocenters. The lowest BCUT2D eigenvalue weighted by Crippen LogP contribution is -2.17. The van der Waals surface area contributed by atoms with Gasteiger partial charge in [-0.25, -0.2) is 0 Å². The molecule has 0 saturated heterocycles. The van der Waals surface area contributed by atoms with E-state index in [0.717, 1.165) is 18.5 Å². The van der Waals surface area contributed by atoms with Gasteiger partial charge < -0.3 is 9.67 Å². The molecule has 0 spiro atoms. The summed E-state index contributed by atoms with van der Waals surface area (Å²) < 4.78 is 1.61. The molecule has 0 bridgehead atoms. The average molecular weight is 213 g/mol. The third-order valence-electron chi connectivity index (χ3n) is 2.36. The van der Waals surface area contributed by atoms with Crippen LogP contribution in [0.25, 0.3) is 0 Å². The molecule has 4 nitrogen and oxygen atoms in total. The van der Waals surface area contributed by atoms with Gasteiger partial charge in [-0.2, -0.15) is 0 Å². The van der Waals surface area contributed by atoms with E-state index in [1.54, 1.807) is 4.57 Å². The summed E-state index contributed by atoms with van der Waals surface area (Å²) in [4.78, 5) is 21.7. The van der Waals surface area contributed by atoms with Gasteiger partial charge in [-0.05, 0) is 12.8 Å². The monoisotopic (exact) mass is 213 g/mol. The molecule has 1 aromatic rings. The largest absolute Gasteiger partial charge is 0.481 e. The highest BCUT2D eigenvalue weighted by Gasteiger charge is 2.27. The Morgan fingerprint density at radius 2 is 2.36 bits per heavy atom. The Morgan fingerprint density at radius 1 is 1.64 bits per heavy atom. The summed E-state index contributed by atoms with van der Waals surface area (Å²) >= 11 is 1.17. The molecule has 1 aliphatic carbocycles. The number of carboxylic acid groups (broad SMARTS) is 1. The topological polar surface area (TPSA) is 59.3 Å². The second kappa shape index (κ2) is 3.57. The van der Waals surface area contributed by atoms with E-state index in [0.29, 0.717) is 12.5 Å². The standard InChI is InChI=1S/C9H11NO3S/c11-8(12)3-4-10-7(6-1-2-6)5-14-9(10)13/h5-6H,1-4H2,(H,11,12). The third kappa shape index (κ3) is 1.87. The van der Waals surface area contributed by atoms with Gasteiger partial charge in [0.25, 0.3) is 0 Å². The minimum Gasteiger partial charge on any atom is -0.481 e. The Bertz CT molecular complexity index is 402. The number of carboxylic acids is 1. The fourth-order valence-electron chi connectivity index (χ4n) is 1.47. The van der Waals surface area contributed by atoms with E-state index in [1.807, 2.05) is 5.38 Å². The smallest absolute Gasteiger partial charge is 0.307 e. The van der Waals surface area contributed by atoms with Crippen molar-refractivity contribution in [3.8, 4) is 0 Å². The van der Waals surface area contributed by atoms with Gasteiger partial charge in [0.1, 0.15) is 0 Å². The number of hydrogen-bond donors (Lipinski definition) is 1. The van der Waals surface area contributed by atoms with Crippen molar-refractivity contribution < 1.29 is 9.90 Å². The number of thiazole rings is 1. The average Bonchev–Trinajstić information content (AvgIpc) is 2.88. The van der Waals surface area contributed by atoms with Crippen molar-refractivity contribution in [1.82, 2.24) is 4.57 Å². The molecule has 1 N–H and O–H groups in total. The first-order chi connectivity index (χ1) is 6.68. The molecule has 1 aromatic heterocycles. The molecular weight excluding hydrogens is 202 g/mol. The Hall–Kier alpha value is -1.10. The van der Waals surface area contributed by atoms with Crippen LogP contribution in [0.5, 0.6) is 0 Å². The van der Waals surface area contributed by atoms with E-state index < -0.39 is 5.97 Å². The Labute approximate surface area is 84.8 Å². The first-order valence-electron chi connectivity index (χ1n) is 4.58. The lowest BCUT2D eigenvalue weighted by atomic mass is 10.3. The zero-order valence-electron chi connectivity index (χ0n) is 7.60. The Morgan fingerprint density at radius 3 is 2.93 bits per heavy atom. The zero-order chi connectivity index (χ0) is 10.1. The van der Waals surface area contributed by atoms with E-state index in [9.17, 15) is 9.59 Å². The molecule has 5 heteroatoms. The number of aliphatic carboxylic acids is 1. The predicted molar refractivity (Wildman–Crippen MR) is 52.8 cm³/mol. The van der Waals surface area contributed by atoms with Crippen LogP contribution < -0.4 is 4.87 Å². The van der Waals surface area contributed by atoms with Crippen LogP contribution in [0, 0.1) is 0 Å². The fourth-order valence-corrected chi connectivity index (χ4v) is 2.33. The van der Waals surface area contributed by atoms with Gasteiger partial charge in [0, 0.05) is 23.5 Å².